The Morgan fingerprint density at radius 1 is 1.33 bits per heavy atom. The number of ether oxygens (including phenoxy) is 1. The van der Waals surface area contributed by atoms with E-state index in [0.29, 0.717) is 25.1 Å². The summed E-state index contributed by atoms with van der Waals surface area (Å²) < 4.78 is 19.6. The van der Waals surface area contributed by atoms with Crippen molar-refractivity contribution in [2.45, 2.75) is 30.3 Å². The number of H-pyrrole nitrogens is 1. The van der Waals surface area contributed by atoms with Gasteiger partial charge in [-0.1, -0.05) is 12.1 Å². The normalized spacial score (nSPS) is 29.9. The second-order valence-electron chi connectivity index (χ2n) is 8.35. The van der Waals surface area contributed by atoms with Gasteiger partial charge in [0.2, 0.25) is 0 Å². The highest BCUT2D eigenvalue weighted by Crippen LogP contribution is 2.44. The number of para-hydroxylation sites is 1. The molecule has 3 aromatic rings. The Morgan fingerprint density at radius 2 is 2.17 bits per heavy atom. The van der Waals surface area contributed by atoms with Crippen molar-refractivity contribution in [1.29, 1.82) is 0 Å². The van der Waals surface area contributed by atoms with Gasteiger partial charge >= 0.3 is 0 Å². The predicted octanol–water partition coefficient (Wildman–Crippen LogP) is 1.61. The van der Waals surface area contributed by atoms with E-state index in [4.69, 9.17) is 4.74 Å². The first-order chi connectivity index (χ1) is 14.4. The van der Waals surface area contributed by atoms with Gasteiger partial charge in [-0.2, -0.15) is 0 Å². The molecule has 30 heavy (non-hydrogen) atoms. The number of hydrogen-bond donors (Lipinski definition) is 4. The van der Waals surface area contributed by atoms with Crippen LogP contribution in [0.15, 0.2) is 48.8 Å². The molecular weight excluding hydrogens is 389 g/mol. The lowest BCUT2D eigenvalue weighted by molar-refractivity contribution is -0.0879. The van der Waals surface area contributed by atoms with Crippen LogP contribution in [0.2, 0.25) is 0 Å². The lowest BCUT2D eigenvalue weighted by Crippen LogP contribution is -2.49. The third-order valence-electron chi connectivity index (χ3n) is 6.40. The van der Waals surface area contributed by atoms with Crippen LogP contribution in [0.1, 0.15) is 18.1 Å². The van der Waals surface area contributed by atoms with Crippen molar-refractivity contribution < 1.29 is 24.4 Å². The molecule has 2 aliphatic rings. The fourth-order valence-electron chi connectivity index (χ4n) is 4.81. The molecule has 8 heteroatoms. The lowest BCUT2D eigenvalue weighted by atomic mass is 9.93. The zero-order chi connectivity index (χ0) is 20.9. The maximum Gasteiger partial charge on any atom is 0.165 e. The van der Waals surface area contributed by atoms with E-state index in [1.807, 2.05) is 17.0 Å². The smallest absolute Gasteiger partial charge is 0.165 e. The first-order valence-electron chi connectivity index (χ1n) is 10.1. The molecule has 0 amide bonds. The fraction of sp³-hybridized carbons (Fsp3) is 0.409. The van der Waals surface area contributed by atoms with E-state index < -0.39 is 29.7 Å². The van der Waals surface area contributed by atoms with Gasteiger partial charge in [-0.05, 0) is 30.7 Å². The van der Waals surface area contributed by atoms with Gasteiger partial charge in [-0.3, -0.25) is 4.90 Å². The molecule has 0 unspecified atom stereocenters. The van der Waals surface area contributed by atoms with Gasteiger partial charge < -0.3 is 25.0 Å². The Bertz CT molecular complexity index is 1060. The SMILES string of the molecule is O[C@H](CN1C[C@H]2C[C@H](Oc3ccccc3F)[C@H](O)[C@@]2(O)C1)c1cnc2[nH]ccc2c1. The minimum Gasteiger partial charge on any atom is -0.485 e. The number of aromatic amines is 1. The summed E-state index contributed by atoms with van der Waals surface area (Å²) >= 11 is 0. The number of halogens is 1. The highest BCUT2D eigenvalue weighted by atomic mass is 19.1. The molecule has 5 atom stereocenters. The first kappa shape index (κ1) is 19.4. The molecule has 0 spiro atoms. The van der Waals surface area contributed by atoms with Gasteiger partial charge in [-0.25, -0.2) is 9.37 Å². The van der Waals surface area contributed by atoms with Crippen molar-refractivity contribution in [2.24, 2.45) is 5.92 Å². The number of aliphatic hydroxyl groups excluding tert-OH is 2. The third-order valence-corrected chi connectivity index (χ3v) is 6.40. The van der Waals surface area contributed by atoms with Crippen molar-refractivity contribution in [1.82, 2.24) is 14.9 Å². The van der Waals surface area contributed by atoms with Crippen molar-refractivity contribution in [3.05, 3.63) is 60.2 Å². The highest BCUT2D eigenvalue weighted by Gasteiger charge is 2.59. The van der Waals surface area contributed by atoms with Crippen molar-refractivity contribution in [3.8, 4) is 5.75 Å². The van der Waals surface area contributed by atoms with Gasteiger partial charge in [0.25, 0.3) is 0 Å². The number of nitrogens with zero attached hydrogens (tertiary/aromatic N) is 2. The lowest BCUT2D eigenvalue weighted by Gasteiger charge is -2.29. The average molecular weight is 413 g/mol. The molecule has 7 nitrogen and oxygen atoms in total. The van der Waals surface area contributed by atoms with E-state index in [1.165, 1.54) is 12.1 Å². The molecule has 1 saturated carbocycles. The molecule has 1 aliphatic carbocycles. The van der Waals surface area contributed by atoms with Gasteiger partial charge in [0.15, 0.2) is 11.6 Å². The number of nitrogens with one attached hydrogen (secondary N) is 1. The second-order valence-corrected chi connectivity index (χ2v) is 8.35. The van der Waals surface area contributed by atoms with Crippen LogP contribution >= 0.6 is 0 Å². The van der Waals surface area contributed by atoms with Crippen LogP contribution in [-0.2, 0) is 0 Å². The van der Waals surface area contributed by atoms with Crippen LogP contribution in [0, 0.1) is 11.7 Å². The van der Waals surface area contributed by atoms with E-state index in [0.717, 1.165) is 11.0 Å². The Labute approximate surface area is 172 Å². The number of pyridine rings is 1. The Kier molecular flexibility index (Phi) is 4.74. The van der Waals surface area contributed by atoms with Gasteiger partial charge in [-0.15, -0.1) is 0 Å². The minimum absolute atomic E-state index is 0.0741. The molecule has 0 radical (unpaired) electrons. The van der Waals surface area contributed by atoms with Crippen LogP contribution in [0.5, 0.6) is 5.75 Å². The van der Waals surface area contributed by atoms with E-state index in [-0.39, 0.29) is 18.2 Å². The van der Waals surface area contributed by atoms with Crippen LogP contribution < -0.4 is 4.74 Å². The van der Waals surface area contributed by atoms with Crippen LogP contribution in [-0.4, -0.2) is 67.6 Å². The maximum atomic E-state index is 13.9. The molecule has 5 rings (SSSR count). The standard InChI is InChI=1S/C22H24FN3O4/c23-16-3-1-2-4-18(16)30-19-8-15-10-26(12-22(15,29)20(19)28)11-17(27)14-7-13-5-6-24-21(13)25-9-14/h1-7,9,15,17,19-20,27-29H,8,10-12H2,(H,24,25)/t15-,17-,19+,20+,22-/m1/s1. The number of β-amino-alcohol motifs (C(OH)–C–C–N with tert-alkyl or cyclic N) is 2. The summed E-state index contributed by atoms with van der Waals surface area (Å²) in [5, 5.41) is 33.4. The number of aromatic nitrogens is 2. The van der Waals surface area contributed by atoms with Crippen molar-refractivity contribution in [3.63, 3.8) is 0 Å². The van der Waals surface area contributed by atoms with Crippen LogP contribution in [0.3, 0.4) is 0 Å². The molecule has 0 bridgehead atoms. The summed E-state index contributed by atoms with van der Waals surface area (Å²) in [6, 6.07) is 9.84. The summed E-state index contributed by atoms with van der Waals surface area (Å²) in [7, 11) is 0. The van der Waals surface area contributed by atoms with Crippen LogP contribution in [0.4, 0.5) is 4.39 Å². The summed E-state index contributed by atoms with van der Waals surface area (Å²) in [4.78, 5) is 9.27. The van der Waals surface area contributed by atoms with E-state index in [1.54, 1.807) is 24.5 Å². The van der Waals surface area contributed by atoms with Gasteiger partial charge in [0.05, 0.1) is 6.10 Å². The zero-order valence-corrected chi connectivity index (χ0v) is 16.3. The second kappa shape index (κ2) is 7.31. The van der Waals surface area contributed by atoms with Crippen molar-refractivity contribution in [2.75, 3.05) is 19.6 Å². The number of rotatable bonds is 5. The molecule has 3 heterocycles. The minimum atomic E-state index is -1.35. The molecule has 2 aromatic heterocycles. The summed E-state index contributed by atoms with van der Waals surface area (Å²) in [5.74, 6) is -0.640. The van der Waals surface area contributed by atoms with Gasteiger partial charge in [0.1, 0.15) is 23.5 Å². The van der Waals surface area contributed by atoms with E-state index in [2.05, 4.69) is 9.97 Å². The largest absolute Gasteiger partial charge is 0.485 e. The Morgan fingerprint density at radius 3 is 2.97 bits per heavy atom. The van der Waals surface area contributed by atoms with E-state index >= 15 is 0 Å². The topological polar surface area (TPSA) is 102 Å². The zero-order valence-electron chi connectivity index (χ0n) is 16.3. The molecule has 158 valence electrons. The Balaban J connectivity index is 1.25. The number of benzene rings is 1. The monoisotopic (exact) mass is 413 g/mol. The summed E-state index contributed by atoms with van der Waals surface area (Å²) in [6.45, 7) is 1.05. The predicted molar refractivity (Wildman–Crippen MR) is 107 cm³/mol. The summed E-state index contributed by atoms with van der Waals surface area (Å²) in [6.07, 6.45) is 1.28. The quantitative estimate of drug-likeness (QED) is 0.507. The van der Waals surface area contributed by atoms with E-state index in [9.17, 15) is 19.7 Å². The third kappa shape index (κ3) is 3.26. The first-order valence-corrected chi connectivity index (χ1v) is 10.1. The molecule has 2 fully saturated rings. The average Bonchev–Trinajstić information content (AvgIpc) is 3.37. The number of likely N-dealkylation sites (tertiary alicyclic amines) is 1. The van der Waals surface area contributed by atoms with Crippen molar-refractivity contribution >= 4 is 11.0 Å². The number of fused-ring (bicyclic) bond motifs is 2. The highest BCUT2D eigenvalue weighted by molar-refractivity contribution is 5.75. The fourth-order valence-corrected chi connectivity index (χ4v) is 4.81. The number of aliphatic hydroxyl groups is 3. The molecule has 1 saturated heterocycles. The molecule has 4 N–H and O–H groups in total. The number of hydrogen-bond acceptors (Lipinski definition) is 6. The summed E-state index contributed by atoms with van der Waals surface area (Å²) in [5.41, 5.74) is 0.117. The van der Waals surface area contributed by atoms with Gasteiger partial charge in [0, 0.05) is 48.9 Å². The van der Waals surface area contributed by atoms with Crippen LogP contribution in [0.25, 0.3) is 11.0 Å². The molecular formula is C22H24FN3O4. The Hall–Kier alpha value is -2.52. The molecule has 1 aliphatic heterocycles. The molecule has 1 aromatic carbocycles. The maximum absolute atomic E-state index is 13.9.